The number of nitrogens with zero attached hydrogens (tertiary/aromatic N) is 1. The molecule has 0 radical (unpaired) electrons. The van der Waals surface area contributed by atoms with Crippen LogP contribution in [-0.4, -0.2) is 24.3 Å². The Morgan fingerprint density at radius 1 is 0.816 bits per heavy atom. The molecule has 0 saturated carbocycles. The molecule has 5 aromatic rings. The van der Waals surface area contributed by atoms with E-state index in [0.29, 0.717) is 18.9 Å². The van der Waals surface area contributed by atoms with Gasteiger partial charge in [0.25, 0.3) is 0 Å². The van der Waals surface area contributed by atoms with E-state index < -0.39 is 5.97 Å². The second-order valence-electron chi connectivity index (χ2n) is 9.03. The third-order valence-corrected chi connectivity index (χ3v) is 6.50. The summed E-state index contributed by atoms with van der Waals surface area (Å²) in [6, 6.07) is 30.4. The Bertz CT molecular complexity index is 1540. The van der Waals surface area contributed by atoms with Crippen LogP contribution in [0.25, 0.3) is 22.2 Å². The van der Waals surface area contributed by atoms with Crippen molar-refractivity contribution in [1.82, 2.24) is 4.57 Å². The number of carbonyl (C=O) groups is 1. The second-order valence-corrected chi connectivity index (χ2v) is 9.03. The van der Waals surface area contributed by atoms with Crippen LogP contribution in [0.4, 0.5) is 4.39 Å². The fraction of sp³-hybridized carbons (Fsp3) is 0.156. The zero-order valence-corrected chi connectivity index (χ0v) is 21.3. The molecule has 38 heavy (non-hydrogen) atoms. The monoisotopic (exact) mass is 509 g/mol. The lowest BCUT2D eigenvalue weighted by Crippen LogP contribution is -2.12. The third-order valence-electron chi connectivity index (χ3n) is 6.50. The van der Waals surface area contributed by atoms with Crippen LogP contribution in [0.5, 0.6) is 11.5 Å². The third kappa shape index (κ3) is 5.54. The largest absolute Gasteiger partial charge is 0.489 e. The first-order chi connectivity index (χ1) is 18.5. The first-order valence-electron chi connectivity index (χ1n) is 12.4. The molecule has 4 aromatic carbocycles. The summed E-state index contributed by atoms with van der Waals surface area (Å²) < 4.78 is 32.2. The van der Waals surface area contributed by atoms with E-state index in [4.69, 9.17) is 9.47 Å². The van der Waals surface area contributed by atoms with E-state index in [2.05, 4.69) is 28.4 Å². The van der Waals surface area contributed by atoms with E-state index in [9.17, 15) is 9.18 Å². The average molecular weight is 510 g/mol. The number of esters is 1. The van der Waals surface area contributed by atoms with Gasteiger partial charge in [0.05, 0.1) is 12.8 Å². The molecule has 0 aliphatic carbocycles. The number of rotatable bonds is 9. The smallest absolute Gasteiger partial charge is 0.343 e. The standard InChI is InChI=1S/C32H28FNO4/c1-22-29-18-28(37-20-24-6-4-3-5-7-24)16-17-30(29)34(32(22)25-10-12-26(33)13-11-25)19-23-8-14-27(15-9-23)38-21-31(35)36-2/h3-18H,19-21H2,1-2H3. The molecule has 192 valence electrons. The van der Waals surface area contributed by atoms with Gasteiger partial charge in [0.1, 0.15) is 23.9 Å². The topological polar surface area (TPSA) is 49.7 Å². The van der Waals surface area contributed by atoms with Crippen LogP contribution in [0.15, 0.2) is 97.1 Å². The van der Waals surface area contributed by atoms with Crippen molar-refractivity contribution in [2.24, 2.45) is 0 Å². The van der Waals surface area contributed by atoms with Crippen molar-refractivity contribution in [3.8, 4) is 22.8 Å². The molecule has 6 heteroatoms. The Balaban J connectivity index is 1.48. The quantitative estimate of drug-likeness (QED) is 0.202. The minimum atomic E-state index is -0.431. The Morgan fingerprint density at radius 2 is 1.53 bits per heavy atom. The van der Waals surface area contributed by atoms with E-state index in [0.717, 1.165) is 44.6 Å². The summed E-state index contributed by atoms with van der Waals surface area (Å²) in [4.78, 5) is 11.4. The van der Waals surface area contributed by atoms with Crippen molar-refractivity contribution < 1.29 is 23.4 Å². The number of aryl methyl sites for hydroxylation is 1. The molecular weight excluding hydrogens is 481 g/mol. The van der Waals surface area contributed by atoms with Gasteiger partial charge in [0.2, 0.25) is 0 Å². The van der Waals surface area contributed by atoms with Crippen LogP contribution in [0, 0.1) is 12.7 Å². The van der Waals surface area contributed by atoms with Gasteiger partial charge < -0.3 is 18.8 Å². The lowest BCUT2D eigenvalue weighted by atomic mass is 10.1. The molecule has 0 fully saturated rings. The number of fused-ring (bicyclic) bond motifs is 1. The maximum Gasteiger partial charge on any atom is 0.343 e. The molecule has 1 aromatic heterocycles. The van der Waals surface area contributed by atoms with Gasteiger partial charge in [-0.15, -0.1) is 0 Å². The summed E-state index contributed by atoms with van der Waals surface area (Å²) in [5.74, 6) is 0.679. The summed E-state index contributed by atoms with van der Waals surface area (Å²) in [5.41, 5.74) is 6.26. The SMILES string of the molecule is COC(=O)COc1ccc(Cn2c(-c3ccc(F)cc3)c(C)c3cc(OCc4ccccc4)ccc32)cc1. The molecule has 0 atom stereocenters. The first kappa shape index (κ1) is 25.1. The number of carbonyl (C=O) groups excluding carboxylic acids is 1. The van der Waals surface area contributed by atoms with Crippen LogP contribution in [-0.2, 0) is 22.7 Å². The summed E-state index contributed by atoms with van der Waals surface area (Å²) in [5, 5.41) is 1.08. The fourth-order valence-electron chi connectivity index (χ4n) is 4.55. The maximum atomic E-state index is 13.7. The molecular formula is C32H28FNO4. The number of aromatic nitrogens is 1. The van der Waals surface area contributed by atoms with Crippen LogP contribution in [0.1, 0.15) is 16.7 Å². The van der Waals surface area contributed by atoms with Gasteiger partial charge in [-0.25, -0.2) is 9.18 Å². The molecule has 0 saturated heterocycles. The average Bonchev–Trinajstić information content (AvgIpc) is 3.22. The number of hydrogen-bond acceptors (Lipinski definition) is 4. The van der Waals surface area contributed by atoms with Gasteiger partial charge in [0.15, 0.2) is 6.61 Å². The van der Waals surface area contributed by atoms with Gasteiger partial charge in [-0.3, -0.25) is 0 Å². The molecule has 0 N–H and O–H groups in total. The lowest BCUT2D eigenvalue weighted by molar-refractivity contribution is -0.142. The highest BCUT2D eigenvalue weighted by Crippen LogP contribution is 2.36. The normalized spacial score (nSPS) is 10.9. The Labute approximate surface area is 221 Å². The van der Waals surface area contributed by atoms with Crippen LogP contribution >= 0.6 is 0 Å². The molecule has 0 amide bonds. The van der Waals surface area contributed by atoms with Gasteiger partial charge in [0, 0.05) is 17.4 Å². The van der Waals surface area contributed by atoms with E-state index in [1.54, 1.807) is 0 Å². The second kappa shape index (κ2) is 11.2. The molecule has 0 aliphatic rings. The van der Waals surface area contributed by atoms with Gasteiger partial charge in [-0.05, 0) is 83.8 Å². The highest BCUT2D eigenvalue weighted by molar-refractivity contribution is 5.92. The molecule has 1 heterocycles. The summed E-state index contributed by atoms with van der Waals surface area (Å²) in [6.07, 6.45) is 0. The highest BCUT2D eigenvalue weighted by Gasteiger charge is 2.17. The highest BCUT2D eigenvalue weighted by atomic mass is 19.1. The van der Waals surface area contributed by atoms with Crippen LogP contribution in [0.3, 0.4) is 0 Å². The summed E-state index contributed by atoms with van der Waals surface area (Å²) in [6.45, 7) is 3.03. The molecule has 0 bridgehead atoms. The summed E-state index contributed by atoms with van der Waals surface area (Å²) >= 11 is 0. The molecule has 0 spiro atoms. The number of methoxy groups -OCH3 is 1. The van der Waals surface area contributed by atoms with Gasteiger partial charge in [-0.2, -0.15) is 0 Å². The fourth-order valence-corrected chi connectivity index (χ4v) is 4.55. The van der Waals surface area contributed by atoms with E-state index in [1.807, 2.05) is 72.8 Å². The number of hydrogen-bond donors (Lipinski definition) is 0. The number of halogens is 1. The van der Waals surface area contributed by atoms with E-state index in [1.165, 1.54) is 19.2 Å². The predicted molar refractivity (Wildman–Crippen MR) is 146 cm³/mol. The van der Waals surface area contributed by atoms with Crippen molar-refractivity contribution in [3.05, 3.63) is 120 Å². The van der Waals surface area contributed by atoms with Gasteiger partial charge in [-0.1, -0.05) is 42.5 Å². The molecule has 5 nitrogen and oxygen atoms in total. The Morgan fingerprint density at radius 3 is 2.24 bits per heavy atom. The predicted octanol–water partition coefficient (Wildman–Crippen LogP) is 6.93. The van der Waals surface area contributed by atoms with Crippen molar-refractivity contribution in [2.75, 3.05) is 13.7 Å². The van der Waals surface area contributed by atoms with Crippen LogP contribution < -0.4 is 9.47 Å². The van der Waals surface area contributed by atoms with E-state index in [-0.39, 0.29) is 12.4 Å². The zero-order chi connectivity index (χ0) is 26.5. The molecule has 0 unspecified atom stereocenters. The Kier molecular flexibility index (Phi) is 7.40. The van der Waals surface area contributed by atoms with Crippen molar-refractivity contribution in [1.29, 1.82) is 0 Å². The van der Waals surface area contributed by atoms with Crippen molar-refractivity contribution >= 4 is 16.9 Å². The first-order valence-corrected chi connectivity index (χ1v) is 12.4. The zero-order valence-electron chi connectivity index (χ0n) is 21.3. The number of benzene rings is 4. The van der Waals surface area contributed by atoms with Crippen molar-refractivity contribution in [2.45, 2.75) is 20.1 Å². The molecule has 0 aliphatic heterocycles. The van der Waals surface area contributed by atoms with Gasteiger partial charge >= 0.3 is 5.97 Å². The lowest BCUT2D eigenvalue weighted by Gasteiger charge is -2.13. The minimum Gasteiger partial charge on any atom is -0.489 e. The molecule has 5 rings (SSSR count). The summed E-state index contributed by atoms with van der Waals surface area (Å²) in [7, 11) is 1.33. The number of ether oxygens (including phenoxy) is 3. The van der Waals surface area contributed by atoms with E-state index >= 15 is 0 Å². The Hall–Kier alpha value is -4.58. The maximum absolute atomic E-state index is 13.7. The minimum absolute atomic E-state index is 0.138. The van der Waals surface area contributed by atoms with Crippen LogP contribution in [0.2, 0.25) is 0 Å². The van der Waals surface area contributed by atoms with Crippen molar-refractivity contribution in [3.63, 3.8) is 0 Å².